The zero-order valence-corrected chi connectivity index (χ0v) is 12.8. The first-order chi connectivity index (χ1) is 10.7. The quantitative estimate of drug-likeness (QED) is 0.886. The van der Waals surface area contributed by atoms with Crippen LogP contribution in [0.25, 0.3) is 11.3 Å². The van der Waals surface area contributed by atoms with E-state index in [4.69, 9.17) is 5.73 Å². The van der Waals surface area contributed by atoms with E-state index in [1.165, 1.54) is 18.4 Å². The molecule has 0 amide bonds. The number of nitrogen functional groups attached to an aromatic ring is 1. The summed E-state index contributed by atoms with van der Waals surface area (Å²) >= 11 is 0. The summed E-state index contributed by atoms with van der Waals surface area (Å²) in [6, 6.07) is 11.5. The lowest BCUT2D eigenvalue weighted by atomic mass is 10.1. The number of nitrogens with two attached hydrogens (primary N) is 1. The number of hydrogen-bond acceptors (Lipinski definition) is 5. The van der Waals surface area contributed by atoms with Crippen LogP contribution in [0.2, 0.25) is 0 Å². The minimum absolute atomic E-state index is 0.527. The van der Waals surface area contributed by atoms with Crippen LogP contribution in [0.5, 0.6) is 0 Å². The van der Waals surface area contributed by atoms with Gasteiger partial charge in [0.2, 0.25) is 0 Å². The summed E-state index contributed by atoms with van der Waals surface area (Å²) in [4.78, 5) is 2.37. The number of aryl methyl sites for hydroxylation is 1. The van der Waals surface area contributed by atoms with Gasteiger partial charge in [-0.2, -0.15) is 0 Å². The van der Waals surface area contributed by atoms with Crippen LogP contribution in [0, 0.1) is 6.92 Å². The minimum atomic E-state index is 0.527. The van der Waals surface area contributed by atoms with Crippen molar-refractivity contribution in [1.82, 2.24) is 15.5 Å². The SMILES string of the molecule is Cc1ccccc1-c1cc(N2CC3CCC(C2)N3)c(N)nn1. The van der Waals surface area contributed by atoms with Gasteiger partial charge in [-0.15, -0.1) is 10.2 Å². The Labute approximate surface area is 130 Å². The third-order valence-electron chi connectivity index (χ3n) is 4.78. The first kappa shape index (κ1) is 13.5. The van der Waals surface area contributed by atoms with Gasteiger partial charge in [0.25, 0.3) is 0 Å². The molecule has 2 unspecified atom stereocenters. The second-order valence-electron chi connectivity index (χ2n) is 6.36. The maximum Gasteiger partial charge on any atom is 0.169 e. The molecule has 2 saturated heterocycles. The van der Waals surface area contributed by atoms with E-state index >= 15 is 0 Å². The molecule has 1 aromatic carbocycles. The van der Waals surface area contributed by atoms with Crippen LogP contribution < -0.4 is 16.0 Å². The number of piperazine rings is 1. The average molecular weight is 295 g/mol. The van der Waals surface area contributed by atoms with Gasteiger partial charge >= 0.3 is 0 Å². The summed E-state index contributed by atoms with van der Waals surface area (Å²) in [6.07, 6.45) is 2.51. The Morgan fingerprint density at radius 3 is 2.59 bits per heavy atom. The van der Waals surface area contributed by atoms with Crippen molar-refractivity contribution in [3.05, 3.63) is 35.9 Å². The lowest BCUT2D eigenvalue weighted by Gasteiger charge is -2.34. The molecular weight excluding hydrogens is 274 g/mol. The van der Waals surface area contributed by atoms with Crippen LogP contribution in [-0.4, -0.2) is 35.4 Å². The fraction of sp³-hybridized carbons (Fsp3) is 0.412. The molecule has 2 aromatic rings. The largest absolute Gasteiger partial charge is 0.380 e. The van der Waals surface area contributed by atoms with Gasteiger partial charge in [-0.1, -0.05) is 24.3 Å². The summed E-state index contributed by atoms with van der Waals surface area (Å²) in [7, 11) is 0. The molecular formula is C17H21N5. The Balaban J connectivity index is 1.71. The molecule has 4 rings (SSSR count). The van der Waals surface area contributed by atoms with E-state index in [1.54, 1.807) is 0 Å². The monoisotopic (exact) mass is 295 g/mol. The molecule has 3 N–H and O–H groups in total. The molecule has 0 spiro atoms. The molecule has 1 aromatic heterocycles. The summed E-state index contributed by atoms with van der Waals surface area (Å²) in [5.74, 6) is 0.527. The standard InChI is InChI=1S/C17H21N5/c1-11-4-2-3-5-14(11)15-8-16(17(18)21-20-15)22-9-12-6-7-13(10-22)19-12/h2-5,8,12-13,19H,6-7,9-10H2,1H3,(H2,18,21). The molecule has 2 aliphatic heterocycles. The van der Waals surface area contributed by atoms with Crippen LogP contribution in [0.1, 0.15) is 18.4 Å². The van der Waals surface area contributed by atoms with E-state index < -0.39 is 0 Å². The van der Waals surface area contributed by atoms with Crippen molar-refractivity contribution in [2.45, 2.75) is 31.8 Å². The van der Waals surface area contributed by atoms with Gasteiger partial charge in [0, 0.05) is 30.7 Å². The van der Waals surface area contributed by atoms with Gasteiger partial charge < -0.3 is 16.0 Å². The van der Waals surface area contributed by atoms with E-state index in [0.29, 0.717) is 17.9 Å². The highest BCUT2D eigenvalue weighted by Crippen LogP contribution is 2.31. The van der Waals surface area contributed by atoms with E-state index in [9.17, 15) is 0 Å². The van der Waals surface area contributed by atoms with Gasteiger partial charge in [-0.25, -0.2) is 0 Å². The second-order valence-corrected chi connectivity index (χ2v) is 6.36. The molecule has 2 aliphatic rings. The minimum Gasteiger partial charge on any atom is -0.380 e. The lowest BCUT2D eigenvalue weighted by molar-refractivity contribution is 0.466. The van der Waals surface area contributed by atoms with Crippen molar-refractivity contribution in [2.75, 3.05) is 23.7 Å². The van der Waals surface area contributed by atoms with Crippen LogP contribution in [0.15, 0.2) is 30.3 Å². The molecule has 0 aliphatic carbocycles. The third kappa shape index (κ3) is 2.31. The fourth-order valence-corrected chi connectivity index (χ4v) is 3.63. The second kappa shape index (κ2) is 5.25. The number of nitrogens with zero attached hydrogens (tertiary/aromatic N) is 3. The maximum atomic E-state index is 6.11. The Kier molecular flexibility index (Phi) is 3.22. The van der Waals surface area contributed by atoms with Crippen LogP contribution in [0.3, 0.4) is 0 Å². The van der Waals surface area contributed by atoms with Gasteiger partial charge in [-0.3, -0.25) is 0 Å². The Hall–Kier alpha value is -2.14. The first-order valence-electron chi connectivity index (χ1n) is 7.91. The van der Waals surface area contributed by atoms with Crippen molar-refractivity contribution >= 4 is 11.5 Å². The number of hydrogen-bond donors (Lipinski definition) is 2. The van der Waals surface area contributed by atoms with Crippen LogP contribution in [-0.2, 0) is 0 Å². The van der Waals surface area contributed by atoms with Gasteiger partial charge in [-0.05, 0) is 31.4 Å². The van der Waals surface area contributed by atoms with E-state index in [-0.39, 0.29) is 0 Å². The first-order valence-corrected chi connectivity index (χ1v) is 7.91. The predicted molar refractivity (Wildman–Crippen MR) is 88.8 cm³/mol. The highest BCUT2D eigenvalue weighted by molar-refractivity contribution is 5.72. The lowest BCUT2D eigenvalue weighted by Crippen LogP contribution is -2.51. The molecule has 5 nitrogen and oxygen atoms in total. The summed E-state index contributed by atoms with van der Waals surface area (Å²) in [5.41, 5.74) is 10.4. The molecule has 0 radical (unpaired) electrons. The summed E-state index contributed by atoms with van der Waals surface area (Å²) < 4.78 is 0. The summed E-state index contributed by atoms with van der Waals surface area (Å²) in [5, 5.41) is 12.2. The molecule has 5 heteroatoms. The number of anilines is 2. The summed E-state index contributed by atoms with van der Waals surface area (Å²) in [6.45, 7) is 4.09. The van der Waals surface area contributed by atoms with E-state index in [2.05, 4.69) is 45.5 Å². The number of nitrogens with one attached hydrogen (secondary N) is 1. The highest BCUT2D eigenvalue weighted by Gasteiger charge is 2.33. The van der Waals surface area contributed by atoms with E-state index in [1.807, 2.05) is 12.1 Å². The van der Waals surface area contributed by atoms with Gasteiger partial charge in [0.05, 0.1) is 11.4 Å². The van der Waals surface area contributed by atoms with Crippen molar-refractivity contribution in [2.24, 2.45) is 0 Å². The Morgan fingerprint density at radius 1 is 1.14 bits per heavy atom. The number of fused-ring (bicyclic) bond motifs is 2. The van der Waals surface area contributed by atoms with Crippen LogP contribution >= 0.6 is 0 Å². The molecule has 3 heterocycles. The topological polar surface area (TPSA) is 67.1 Å². The van der Waals surface area contributed by atoms with Crippen molar-refractivity contribution < 1.29 is 0 Å². The zero-order valence-electron chi connectivity index (χ0n) is 12.8. The third-order valence-corrected chi connectivity index (χ3v) is 4.78. The number of benzene rings is 1. The molecule has 2 fully saturated rings. The zero-order chi connectivity index (χ0) is 15.1. The van der Waals surface area contributed by atoms with Gasteiger partial charge in [0.1, 0.15) is 0 Å². The molecule has 2 atom stereocenters. The Morgan fingerprint density at radius 2 is 1.86 bits per heavy atom. The number of aromatic nitrogens is 2. The normalized spacial score (nSPS) is 23.8. The smallest absolute Gasteiger partial charge is 0.169 e. The maximum absolute atomic E-state index is 6.11. The van der Waals surface area contributed by atoms with Crippen molar-refractivity contribution in [1.29, 1.82) is 0 Å². The molecule has 0 saturated carbocycles. The highest BCUT2D eigenvalue weighted by atomic mass is 15.3. The average Bonchev–Trinajstić information content (AvgIpc) is 2.87. The molecule has 22 heavy (non-hydrogen) atoms. The molecule has 114 valence electrons. The van der Waals surface area contributed by atoms with Crippen molar-refractivity contribution in [3.8, 4) is 11.3 Å². The Bertz CT molecular complexity index is 687. The fourth-order valence-electron chi connectivity index (χ4n) is 3.63. The van der Waals surface area contributed by atoms with Crippen molar-refractivity contribution in [3.63, 3.8) is 0 Å². The predicted octanol–water partition coefficient (Wildman–Crippen LogP) is 1.97. The number of rotatable bonds is 2. The van der Waals surface area contributed by atoms with Crippen LogP contribution in [0.4, 0.5) is 11.5 Å². The van der Waals surface area contributed by atoms with Gasteiger partial charge in [0.15, 0.2) is 5.82 Å². The molecule has 2 bridgehead atoms. The van der Waals surface area contributed by atoms with E-state index in [0.717, 1.165) is 30.0 Å².